The van der Waals surface area contributed by atoms with E-state index < -0.39 is 0 Å². The van der Waals surface area contributed by atoms with Gasteiger partial charge in [-0.1, -0.05) is 25.5 Å². The zero-order valence-electron chi connectivity index (χ0n) is 12.3. The first-order valence-electron chi connectivity index (χ1n) is 7.73. The van der Waals surface area contributed by atoms with Crippen LogP contribution in [0.1, 0.15) is 59.3 Å². The molecule has 2 nitrogen and oxygen atoms in total. The Labute approximate surface area is 112 Å². The topological polar surface area (TPSA) is 21.3 Å². The van der Waals surface area contributed by atoms with E-state index in [1.54, 1.807) is 5.57 Å². The van der Waals surface area contributed by atoms with Gasteiger partial charge in [0.25, 0.3) is 0 Å². The van der Waals surface area contributed by atoms with Gasteiger partial charge in [-0.2, -0.15) is 0 Å². The first-order chi connectivity index (χ1) is 8.70. The quantitative estimate of drug-likeness (QED) is 0.697. The Morgan fingerprint density at radius 3 is 2.89 bits per heavy atom. The third-order valence-electron chi connectivity index (χ3n) is 5.08. The Balaban J connectivity index is 1.73. The fourth-order valence-electron chi connectivity index (χ4n) is 3.44. The highest BCUT2D eigenvalue weighted by Gasteiger charge is 2.50. The number of rotatable bonds is 7. The average molecular weight is 251 g/mol. The largest absolute Gasteiger partial charge is 0.378 e. The zero-order valence-corrected chi connectivity index (χ0v) is 12.3. The molecule has 0 aliphatic heterocycles. The molecule has 3 atom stereocenters. The van der Waals surface area contributed by atoms with E-state index in [4.69, 9.17) is 4.74 Å². The summed E-state index contributed by atoms with van der Waals surface area (Å²) in [7, 11) is 0. The number of nitrogens with one attached hydrogen (secondary N) is 1. The van der Waals surface area contributed by atoms with E-state index in [2.05, 4.69) is 32.2 Å². The molecule has 1 fully saturated rings. The molecule has 0 spiro atoms. The fourth-order valence-corrected chi connectivity index (χ4v) is 3.44. The number of hydrogen-bond donors (Lipinski definition) is 1. The van der Waals surface area contributed by atoms with Crippen molar-refractivity contribution in [2.75, 3.05) is 13.2 Å². The smallest absolute Gasteiger partial charge is 0.0658 e. The van der Waals surface area contributed by atoms with E-state index in [9.17, 15) is 0 Å². The third kappa shape index (κ3) is 2.80. The minimum absolute atomic E-state index is 0.347. The maximum absolute atomic E-state index is 5.84. The van der Waals surface area contributed by atoms with Gasteiger partial charge >= 0.3 is 0 Å². The number of allylic oxidation sites excluding steroid dienone is 1. The second-order valence-electron chi connectivity index (χ2n) is 6.05. The summed E-state index contributed by atoms with van der Waals surface area (Å²) in [6.07, 6.45) is 10.6. The predicted molar refractivity (Wildman–Crippen MR) is 76.8 cm³/mol. The van der Waals surface area contributed by atoms with Gasteiger partial charge in [0.1, 0.15) is 0 Å². The van der Waals surface area contributed by atoms with Crippen LogP contribution in [0.3, 0.4) is 0 Å². The summed E-state index contributed by atoms with van der Waals surface area (Å²) < 4.78 is 5.84. The summed E-state index contributed by atoms with van der Waals surface area (Å²) in [5, 5.41) is 3.76. The standard InChI is InChI=1S/C16H29NO/c1-4-16(3)14(12-15(16)18-5-2)17-11-10-13-8-6-7-9-13/h8,14-15,17H,4-7,9-12H2,1-3H3. The molecule has 0 bridgehead atoms. The highest BCUT2D eigenvalue weighted by molar-refractivity contribution is 5.09. The summed E-state index contributed by atoms with van der Waals surface area (Å²) >= 11 is 0. The SMILES string of the molecule is CCOC1CC(NCCC2=CCCC2)C1(C)CC. The van der Waals surface area contributed by atoms with Crippen LogP contribution in [-0.2, 0) is 4.74 Å². The molecule has 0 heterocycles. The molecule has 0 amide bonds. The van der Waals surface area contributed by atoms with Crippen LogP contribution in [-0.4, -0.2) is 25.3 Å². The Hall–Kier alpha value is -0.340. The minimum Gasteiger partial charge on any atom is -0.378 e. The van der Waals surface area contributed by atoms with E-state index in [0.29, 0.717) is 17.6 Å². The van der Waals surface area contributed by atoms with E-state index >= 15 is 0 Å². The van der Waals surface area contributed by atoms with Crippen LogP contribution in [0.15, 0.2) is 11.6 Å². The summed E-state index contributed by atoms with van der Waals surface area (Å²) in [4.78, 5) is 0. The van der Waals surface area contributed by atoms with Crippen molar-refractivity contribution in [3.8, 4) is 0 Å². The Bertz CT molecular complexity index is 299. The van der Waals surface area contributed by atoms with Crippen molar-refractivity contribution in [3.63, 3.8) is 0 Å². The molecule has 1 saturated carbocycles. The molecule has 0 aromatic rings. The second-order valence-corrected chi connectivity index (χ2v) is 6.05. The lowest BCUT2D eigenvalue weighted by molar-refractivity contribution is -0.125. The van der Waals surface area contributed by atoms with Gasteiger partial charge in [0.2, 0.25) is 0 Å². The highest BCUT2D eigenvalue weighted by atomic mass is 16.5. The molecule has 0 aromatic carbocycles. The van der Waals surface area contributed by atoms with Crippen LogP contribution in [0.4, 0.5) is 0 Å². The van der Waals surface area contributed by atoms with Gasteiger partial charge in [-0.25, -0.2) is 0 Å². The lowest BCUT2D eigenvalue weighted by Crippen LogP contribution is -2.62. The van der Waals surface area contributed by atoms with Gasteiger partial charge in [-0.15, -0.1) is 0 Å². The fraction of sp³-hybridized carbons (Fsp3) is 0.875. The Morgan fingerprint density at radius 2 is 2.28 bits per heavy atom. The van der Waals surface area contributed by atoms with Crippen LogP contribution in [0.5, 0.6) is 0 Å². The maximum Gasteiger partial charge on any atom is 0.0658 e. The van der Waals surface area contributed by atoms with Crippen LogP contribution >= 0.6 is 0 Å². The van der Waals surface area contributed by atoms with Crippen LogP contribution < -0.4 is 5.32 Å². The van der Waals surface area contributed by atoms with Crippen LogP contribution in [0.2, 0.25) is 0 Å². The van der Waals surface area contributed by atoms with Crippen LogP contribution in [0.25, 0.3) is 0 Å². The predicted octanol–water partition coefficient (Wildman–Crippen LogP) is 3.67. The van der Waals surface area contributed by atoms with Crippen molar-refractivity contribution >= 4 is 0 Å². The van der Waals surface area contributed by atoms with Crippen molar-refractivity contribution in [2.45, 2.75) is 71.4 Å². The molecule has 1 N–H and O–H groups in total. The van der Waals surface area contributed by atoms with E-state index in [0.717, 1.165) is 13.2 Å². The average Bonchev–Trinajstić information content (AvgIpc) is 2.89. The Kier molecular flexibility index (Phi) is 4.85. The molecule has 2 aliphatic carbocycles. The number of hydrogen-bond acceptors (Lipinski definition) is 2. The molecule has 104 valence electrons. The summed E-state index contributed by atoms with van der Waals surface area (Å²) in [5.41, 5.74) is 2.02. The molecule has 0 aromatic heterocycles. The zero-order chi connectivity index (χ0) is 13.0. The van der Waals surface area contributed by atoms with Gasteiger partial charge in [-0.05, 0) is 52.0 Å². The molecule has 3 unspecified atom stereocenters. The maximum atomic E-state index is 5.84. The second kappa shape index (κ2) is 6.21. The molecule has 2 aliphatic rings. The van der Waals surface area contributed by atoms with Gasteiger partial charge in [0.05, 0.1) is 6.10 Å². The first kappa shape index (κ1) is 14.1. The van der Waals surface area contributed by atoms with Crippen molar-refractivity contribution in [3.05, 3.63) is 11.6 Å². The van der Waals surface area contributed by atoms with Crippen molar-refractivity contribution in [1.82, 2.24) is 5.32 Å². The van der Waals surface area contributed by atoms with Crippen LogP contribution in [0, 0.1) is 5.41 Å². The highest BCUT2D eigenvalue weighted by Crippen LogP contribution is 2.45. The minimum atomic E-state index is 0.347. The summed E-state index contributed by atoms with van der Waals surface area (Å²) in [5.74, 6) is 0. The van der Waals surface area contributed by atoms with Gasteiger partial charge in [0.15, 0.2) is 0 Å². The summed E-state index contributed by atoms with van der Waals surface area (Å²) in [6, 6.07) is 0.654. The van der Waals surface area contributed by atoms with Gasteiger partial charge < -0.3 is 10.1 Å². The van der Waals surface area contributed by atoms with Crippen molar-refractivity contribution in [2.24, 2.45) is 5.41 Å². The normalized spacial score (nSPS) is 35.4. The van der Waals surface area contributed by atoms with Crippen molar-refractivity contribution < 1.29 is 4.74 Å². The lowest BCUT2D eigenvalue weighted by Gasteiger charge is -2.53. The van der Waals surface area contributed by atoms with Crippen molar-refractivity contribution in [1.29, 1.82) is 0 Å². The van der Waals surface area contributed by atoms with Gasteiger partial charge in [-0.3, -0.25) is 0 Å². The molecular weight excluding hydrogens is 222 g/mol. The molecule has 18 heavy (non-hydrogen) atoms. The molecule has 2 rings (SSSR count). The van der Waals surface area contributed by atoms with E-state index in [1.807, 2.05) is 0 Å². The molecule has 0 radical (unpaired) electrons. The van der Waals surface area contributed by atoms with Gasteiger partial charge in [0, 0.05) is 18.1 Å². The van der Waals surface area contributed by atoms with E-state index in [-0.39, 0.29) is 0 Å². The first-order valence-corrected chi connectivity index (χ1v) is 7.73. The molecule has 2 heteroatoms. The molecular formula is C16H29NO. The Morgan fingerprint density at radius 1 is 1.44 bits per heavy atom. The lowest BCUT2D eigenvalue weighted by atomic mass is 9.61. The summed E-state index contributed by atoms with van der Waals surface area (Å²) in [6.45, 7) is 8.76. The molecule has 0 saturated heterocycles. The third-order valence-corrected chi connectivity index (χ3v) is 5.08. The van der Waals surface area contributed by atoms with E-state index in [1.165, 1.54) is 38.5 Å². The monoisotopic (exact) mass is 251 g/mol. The number of ether oxygens (including phenoxy) is 1.